The smallest absolute Gasteiger partial charge is 0.138 e. The number of nitrogens with zero attached hydrogens (tertiary/aromatic N) is 3. The van der Waals surface area contributed by atoms with Crippen molar-refractivity contribution in [2.75, 3.05) is 6.61 Å². The van der Waals surface area contributed by atoms with E-state index in [0.29, 0.717) is 0 Å². The van der Waals surface area contributed by atoms with Crippen LogP contribution in [0.1, 0.15) is 18.3 Å². The molecule has 1 atom stereocenters. The second-order valence-electron chi connectivity index (χ2n) is 4.43. The largest absolute Gasteiger partial charge is 0.396 e. The summed E-state index contributed by atoms with van der Waals surface area (Å²) in [5, 5.41) is 13.6. The SMILES string of the molecule is CCn1ncnc1CC(CO)Cc1ccccc1. The first-order valence-electron chi connectivity index (χ1n) is 6.35. The number of aromatic nitrogens is 3. The van der Waals surface area contributed by atoms with Gasteiger partial charge in [-0.3, -0.25) is 4.68 Å². The van der Waals surface area contributed by atoms with E-state index < -0.39 is 0 Å². The van der Waals surface area contributed by atoms with Crippen molar-refractivity contribution in [3.63, 3.8) is 0 Å². The summed E-state index contributed by atoms with van der Waals surface area (Å²) >= 11 is 0. The molecule has 0 bridgehead atoms. The second-order valence-corrected chi connectivity index (χ2v) is 4.43. The summed E-state index contributed by atoms with van der Waals surface area (Å²) in [6.07, 6.45) is 3.21. The molecule has 0 fully saturated rings. The van der Waals surface area contributed by atoms with Gasteiger partial charge in [0, 0.05) is 19.6 Å². The normalized spacial score (nSPS) is 12.6. The monoisotopic (exact) mass is 245 g/mol. The molecule has 4 heteroatoms. The Morgan fingerprint density at radius 2 is 2.00 bits per heavy atom. The fraction of sp³-hybridized carbons (Fsp3) is 0.429. The molecule has 2 aromatic rings. The number of hydrogen-bond donors (Lipinski definition) is 1. The highest BCUT2D eigenvalue weighted by Gasteiger charge is 2.13. The lowest BCUT2D eigenvalue weighted by Crippen LogP contribution is -2.16. The zero-order valence-electron chi connectivity index (χ0n) is 10.7. The summed E-state index contributed by atoms with van der Waals surface area (Å²) in [7, 11) is 0. The number of aliphatic hydroxyl groups is 1. The lowest BCUT2D eigenvalue weighted by Gasteiger charge is -2.14. The van der Waals surface area contributed by atoms with Crippen molar-refractivity contribution in [1.82, 2.24) is 14.8 Å². The summed E-state index contributed by atoms with van der Waals surface area (Å²) in [5.41, 5.74) is 1.25. The van der Waals surface area contributed by atoms with Crippen LogP contribution in [0.25, 0.3) is 0 Å². The molecule has 0 spiro atoms. The zero-order valence-corrected chi connectivity index (χ0v) is 10.7. The predicted molar refractivity (Wildman–Crippen MR) is 70.1 cm³/mol. The Bertz CT molecular complexity index is 467. The molecule has 1 heterocycles. The van der Waals surface area contributed by atoms with E-state index in [1.807, 2.05) is 29.8 Å². The Balaban J connectivity index is 2.02. The maximum Gasteiger partial charge on any atom is 0.138 e. The van der Waals surface area contributed by atoms with Crippen molar-refractivity contribution in [3.8, 4) is 0 Å². The van der Waals surface area contributed by atoms with Gasteiger partial charge in [-0.15, -0.1) is 0 Å². The average Bonchev–Trinajstić information content (AvgIpc) is 2.86. The third-order valence-electron chi connectivity index (χ3n) is 3.09. The fourth-order valence-electron chi connectivity index (χ4n) is 2.12. The molecule has 1 aromatic carbocycles. The van der Waals surface area contributed by atoms with Crippen molar-refractivity contribution in [2.24, 2.45) is 5.92 Å². The van der Waals surface area contributed by atoms with Crippen LogP contribution in [-0.2, 0) is 19.4 Å². The summed E-state index contributed by atoms with van der Waals surface area (Å²) in [5.74, 6) is 1.15. The second kappa shape index (κ2) is 6.31. The van der Waals surface area contributed by atoms with Gasteiger partial charge in [-0.1, -0.05) is 30.3 Å². The van der Waals surface area contributed by atoms with Gasteiger partial charge >= 0.3 is 0 Å². The summed E-state index contributed by atoms with van der Waals surface area (Å²) < 4.78 is 1.88. The molecular formula is C14H19N3O. The number of hydrogen-bond acceptors (Lipinski definition) is 3. The van der Waals surface area contributed by atoms with E-state index in [1.54, 1.807) is 6.33 Å². The number of rotatable bonds is 6. The third kappa shape index (κ3) is 3.17. The van der Waals surface area contributed by atoms with Crippen LogP contribution in [0, 0.1) is 5.92 Å². The van der Waals surface area contributed by atoms with Gasteiger partial charge in [0.1, 0.15) is 12.2 Å². The third-order valence-corrected chi connectivity index (χ3v) is 3.09. The van der Waals surface area contributed by atoms with Crippen LogP contribution in [0.4, 0.5) is 0 Å². The minimum Gasteiger partial charge on any atom is -0.396 e. The summed E-state index contributed by atoms with van der Waals surface area (Å²) in [4.78, 5) is 4.26. The van der Waals surface area contributed by atoms with E-state index in [0.717, 1.165) is 25.2 Å². The van der Waals surface area contributed by atoms with Gasteiger partial charge in [0.2, 0.25) is 0 Å². The van der Waals surface area contributed by atoms with E-state index in [-0.39, 0.29) is 12.5 Å². The number of aliphatic hydroxyl groups excluding tert-OH is 1. The van der Waals surface area contributed by atoms with Crippen molar-refractivity contribution < 1.29 is 5.11 Å². The summed E-state index contributed by atoms with van der Waals surface area (Å²) in [6, 6.07) is 10.2. The Morgan fingerprint density at radius 3 is 2.67 bits per heavy atom. The highest BCUT2D eigenvalue weighted by molar-refractivity contribution is 5.15. The van der Waals surface area contributed by atoms with Crippen molar-refractivity contribution >= 4 is 0 Å². The highest BCUT2D eigenvalue weighted by Crippen LogP contribution is 2.13. The summed E-state index contributed by atoms with van der Waals surface area (Å²) in [6.45, 7) is 3.04. The Kier molecular flexibility index (Phi) is 4.47. The van der Waals surface area contributed by atoms with E-state index in [4.69, 9.17) is 0 Å². The molecular weight excluding hydrogens is 226 g/mol. The number of benzene rings is 1. The van der Waals surface area contributed by atoms with Crippen LogP contribution < -0.4 is 0 Å². The molecule has 1 aromatic heterocycles. The van der Waals surface area contributed by atoms with Crippen LogP contribution in [0.15, 0.2) is 36.7 Å². The molecule has 0 radical (unpaired) electrons. The fourth-order valence-corrected chi connectivity index (χ4v) is 2.12. The van der Waals surface area contributed by atoms with Crippen LogP contribution in [-0.4, -0.2) is 26.5 Å². The van der Waals surface area contributed by atoms with Crippen molar-refractivity contribution in [1.29, 1.82) is 0 Å². The lowest BCUT2D eigenvalue weighted by molar-refractivity contribution is 0.222. The number of aryl methyl sites for hydroxylation is 1. The van der Waals surface area contributed by atoms with Gasteiger partial charge in [0.15, 0.2) is 0 Å². The molecule has 0 saturated carbocycles. The van der Waals surface area contributed by atoms with Gasteiger partial charge < -0.3 is 5.11 Å². The van der Waals surface area contributed by atoms with Gasteiger partial charge in [-0.25, -0.2) is 4.98 Å². The zero-order chi connectivity index (χ0) is 12.8. The maximum absolute atomic E-state index is 9.49. The first-order valence-corrected chi connectivity index (χ1v) is 6.35. The molecule has 1 unspecified atom stereocenters. The molecule has 1 N–H and O–H groups in total. The molecule has 18 heavy (non-hydrogen) atoms. The van der Waals surface area contributed by atoms with E-state index >= 15 is 0 Å². The molecule has 4 nitrogen and oxygen atoms in total. The molecule has 0 aliphatic rings. The van der Waals surface area contributed by atoms with Crippen LogP contribution in [0.2, 0.25) is 0 Å². The minimum absolute atomic E-state index is 0.172. The van der Waals surface area contributed by atoms with Crippen LogP contribution in [0.5, 0.6) is 0 Å². The molecule has 0 aliphatic carbocycles. The molecule has 0 saturated heterocycles. The first kappa shape index (κ1) is 12.8. The van der Waals surface area contributed by atoms with Crippen molar-refractivity contribution in [3.05, 3.63) is 48.0 Å². The van der Waals surface area contributed by atoms with E-state index in [1.165, 1.54) is 5.56 Å². The van der Waals surface area contributed by atoms with Gasteiger partial charge in [0.05, 0.1) is 0 Å². The predicted octanol–water partition coefficient (Wildman–Crippen LogP) is 1.69. The highest BCUT2D eigenvalue weighted by atomic mass is 16.3. The topological polar surface area (TPSA) is 50.9 Å². The van der Waals surface area contributed by atoms with Crippen LogP contribution >= 0.6 is 0 Å². The molecule has 2 rings (SSSR count). The van der Waals surface area contributed by atoms with E-state index in [9.17, 15) is 5.11 Å². The van der Waals surface area contributed by atoms with Crippen LogP contribution in [0.3, 0.4) is 0 Å². The van der Waals surface area contributed by atoms with Gasteiger partial charge in [-0.05, 0) is 24.8 Å². The Labute approximate surface area is 107 Å². The Morgan fingerprint density at radius 1 is 1.22 bits per heavy atom. The first-order chi connectivity index (χ1) is 8.83. The standard InChI is InChI=1S/C14H19N3O/c1-2-17-14(15-11-16-17)9-13(10-18)8-12-6-4-3-5-7-12/h3-7,11,13,18H,2,8-10H2,1H3. The lowest BCUT2D eigenvalue weighted by atomic mass is 9.96. The van der Waals surface area contributed by atoms with Gasteiger partial charge in [0.25, 0.3) is 0 Å². The molecule has 96 valence electrons. The maximum atomic E-state index is 9.49. The molecule has 0 amide bonds. The van der Waals surface area contributed by atoms with Crippen molar-refractivity contribution in [2.45, 2.75) is 26.3 Å². The Hall–Kier alpha value is -1.68. The molecule has 0 aliphatic heterocycles. The van der Waals surface area contributed by atoms with E-state index in [2.05, 4.69) is 22.2 Å². The average molecular weight is 245 g/mol. The quantitative estimate of drug-likeness (QED) is 0.842. The minimum atomic E-state index is 0.172. The van der Waals surface area contributed by atoms with Gasteiger partial charge in [-0.2, -0.15) is 5.10 Å².